The topological polar surface area (TPSA) is 33.1 Å². The number of anilines is 2. The van der Waals surface area contributed by atoms with Gasteiger partial charge in [0.15, 0.2) is 0 Å². The maximum atomic E-state index is 4.41. The highest BCUT2D eigenvalue weighted by molar-refractivity contribution is 5.52. The second-order valence-electron chi connectivity index (χ2n) is 5.31. The van der Waals surface area contributed by atoms with Crippen LogP contribution in [0.15, 0.2) is 42.7 Å². The lowest BCUT2D eigenvalue weighted by Gasteiger charge is -2.14. The Labute approximate surface area is 114 Å². The highest BCUT2D eigenvalue weighted by atomic mass is 15.2. The molecule has 2 aromatic rings. The number of likely N-dealkylation sites (tertiary alicyclic amines) is 1. The third-order valence-electron chi connectivity index (χ3n) is 3.69. The Hall–Kier alpha value is -1.81. The van der Waals surface area contributed by atoms with Gasteiger partial charge in [0.05, 0.1) is 0 Å². The number of hydrogen-bond donors (Lipinski definition) is 1. The first kappa shape index (κ1) is 12.2. The summed E-state index contributed by atoms with van der Waals surface area (Å²) in [6, 6.07) is 10.2. The second-order valence-corrected chi connectivity index (χ2v) is 5.31. The largest absolute Gasteiger partial charge is 0.326 e. The van der Waals surface area contributed by atoms with Crippen molar-refractivity contribution in [2.24, 2.45) is 5.92 Å². The number of aromatic nitrogens is 2. The summed E-state index contributed by atoms with van der Waals surface area (Å²) in [6.07, 6.45) is 5.20. The molecule has 4 nitrogen and oxygen atoms in total. The summed E-state index contributed by atoms with van der Waals surface area (Å²) < 4.78 is 2.22. The first-order valence-electron chi connectivity index (χ1n) is 6.83. The van der Waals surface area contributed by atoms with Gasteiger partial charge in [-0.25, -0.2) is 4.98 Å². The van der Waals surface area contributed by atoms with E-state index >= 15 is 0 Å². The Morgan fingerprint density at radius 1 is 1.32 bits per heavy atom. The van der Waals surface area contributed by atoms with Crippen LogP contribution in [0.3, 0.4) is 0 Å². The number of imidazole rings is 1. The van der Waals surface area contributed by atoms with Crippen molar-refractivity contribution in [3.05, 3.63) is 42.7 Å². The Kier molecular flexibility index (Phi) is 3.51. The second kappa shape index (κ2) is 5.45. The zero-order valence-electron chi connectivity index (χ0n) is 11.3. The predicted octanol–water partition coefficient (Wildman–Crippen LogP) is 2.58. The summed E-state index contributed by atoms with van der Waals surface area (Å²) in [4.78, 5) is 6.81. The monoisotopic (exact) mass is 256 g/mol. The van der Waals surface area contributed by atoms with E-state index in [0.717, 1.165) is 24.1 Å². The van der Waals surface area contributed by atoms with Crippen LogP contribution in [-0.2, 0) is 6.54 Å². The summed E-state index contributed by atoms with van der Waals surface area (Å²) in [7, 11) is 2.19. The van der Waals surface area contributed by atoms with Gasteiger partial charge in [-0.1, -0.05) is 18.2 Å². The van der Waals surface area contributed by atoms with Crippen LogP contribution in [0.1, 0.15) is 6.42 Å². The van der Waals surface area contributed by atoms with E-state index in [1.165, 1.54) is 19.5 Å². The van der Waals surface area contributed by atoms with Crippen molar-refractivity contribution in [3.8, 4) is 0 Å². The molecule has 3 rings (SSSR count). The molecule has 0 aliphatic carbocycles. The minimum absolute atomic E-state index is 0.732. The van der Waals surface area contributed by atoms with Crippen molar-refractivity contribution in [1.82, 2.24) is 14.5 Å². The van der Waals surface area contributed by atoms with Crippen molar-refractivity contribution >= 4 is 11.6 Å². The van der Waals surface area contributed by atoms with E-state index < -0.39 is 0 Å². The van der Waals surface area contributed by atoms with E-state index in [-0.39, 0.29) is 0 Å². The summed E-state index contributed by atoms with van der Waals surface area (Å²) >= 11 is 0. The molecule has 0 spiro atoms. The van der Waals surface area contributed by atoms with Crippen LogP contribution in [-0.4, -0.2) is 34.6 Å². The van der Waals surface area contributed by atoms with Crippen LogP contribution >= 0.6 is 0 Å². The van der Waals surface area contributed by atoms with Crippen LogP contribution in [0.4, 0.5) is 11.6 Å². The first-order chi connectivity index (χ1) is 9.31. The molecule has 1 aliphatic heterocycles. The van der Waals surface area contributed by atoms with E-state index in [1.807, 2.05) is 24.4 Å². The summed E-state index contributed by atoms with van der Waals surface area (Å²) in [5.41, 5.74) is 1.08. The lowest BCUT2D eigenvalue weighted by molar-refractivity contribution is 0.379. The fraction of sp³-hybridized carbons (Fsp3) is 0.400. The van der Waals surface area contributed by atoms with Crippen molar-refractivity contribution < 1.29 is 0 Å². The third kappa shape index (κ3) is 2.96. The number of para-hydroxylation sites is 1. The molecule has 1 saturated heterocycles. The van der Waals surface area contributed by atoms with Gasteiger partial charge in [0, 0.05) is 31.2 Å². The number of nitrogens with one attached hydrogen (secondary N) is 1. The molecule has 1 unspecified atom stereocenters. The number of hydrogen-bond acceptors (Lipinski definition) is 3. The van der Waals surface area contributed by atoms with Gasteiger partial charge >= 0.3 is 0 Å². The SMILES string of the molecule is CN1CCC(Cn2ccnc2Nc2ccccc2)C1. The molecule has 1 N–H and O–H groups in total. The van der Waals surface area contributed by atoms with E-state index in [2.05, 4.69) is 45.1 Å². The van der Waals surface area contributed by atoms with Crippen LogP contribution in [0.5, 0.6) is 0 Å². The van der Waals surface area contributed by atoms with Crippen molar-refractivity contribution in [2.75, 3.05) is 25.5 Å². The van der Waals surface area contributed by atoms with Gasteiger partial charge in [0.2, 0.25) is 5.95 Å². The summed E-state index contributed by atoms with van der Waals surface area (Å²) in [5.74, 6) is 1.66. The van der Waals surface area contributed by atoms with Crippen molar-refractivity contribution in [2.45, 2.75) is 13.0 Å². The first-order valence-corrected chi connectivity index (χ1v) is 6.83. The highest BCUT2D eigenvalue weighted by Crippen LogP contribution is 2.20. The van der Waals surface area contributed by atoms with Crippen molar-refractivity contribution in [1.29, 1.82) is 0 Å². The maximum Gasteiger partial charge on any atom is 0.207 e. The maximum absolute atomic E-state index is 4.41. The molecule has 2 heterocycles. The van der Waals surface area contributed by atoms with Gasteiger partial charge in [-0.2, -0.15) is 0 Å². The Morgan fingerprint density at radius 3 is 2.89 bits per heavy atom. The van der Waals surface area contributed by atoms with Crippen molar-refractivity contribution in [3.63, 3.8) is 0 Å². The van der Waals surface area contributed by atoms with Crippen LogP contribution in [0.25, 0.3) is 0 Å². The lowest BCUT2D eigenvalue weighted by atomic mass is 10.1. The highest BCUT2D eigenvalue weighted by Gasteiger charge is 2.20. The molecule has 4 heteroatoms. The minimum atomic E-state index is 0.732. The Balaban J connectivity index is 1.68. The van der Waals surface area contributed by atoms with E-state index in [9.17, 15) is 0 Å². The zero-order chi connectivity index (χ0) is 13.1. The molecule has 1 aliphatic rings. The van der Waals surface area contributed by atoms with Crippen LogP contribution in [0.2, 0.25) is 0 Å². The van der Waals surface area contributed by atoms with E-state index in [1.54, 1.807) is 0 Å². The molecule has 1 aromatic heterocycles. The van der Waals surface area contributed by atoms with Gasteiger partial charge in [-0.15, -0.1) is 0 Å². The third-order valence-corrected chi connectivity index (χ3v) is 3.69. The predicted molar refractivity (Wildman–Crippen MR) is 77.6 cm³/mol. The average molecular weight is 256 g/mol. The molecule has 0 amide bonds. The minimum Gasteiger partial charge on any atom is -0.326 e. The molecule has 19 heavy (non-hydrogen) atoms. The number of rotatable bonds is 4. The fourth-order valence-electron chi connectivity index (χ4n) is 2.68. The molecule has 1 fully saturated rings. The molecule has 0 saturated carbocycles. The van der Waals surface area contributed by atoms with Gasteiger partial charge < -0.3 is 14.8 Å². The van der Waals surface area contributed by atoms with Crippen LogP contribution in [0, 0.1) is 5.92 Å². The fourth-order valence-corrected chi connectivity index (χ4v) is 2.68. The normalized spacial score (nSPS) is 19.7. The van der Waals surface area contributed by atoms with Gasteiger partial charge in [-0.05, 0) is 38.1 Å². The molecule has 100 valence electrons. The average Bonchev–Trinajstić information content (AvgIpc) is 3.01. The molecule has 0 bridgehead atoms. The molecule has 1 aromatic carbocycles. The van der Waals surface area contributed by atoms with E-state index in [4.69, 9.17) is 0 Å². The molecular weight excluding hydrogens is 236 g/mol. The van der Waals surface area contributed by atoms with Gasteiger partial charge in [0.25, 0.3) is 0 Å². The molecule has 0 radical (unpaired) electrons. The molecular formula is C15H20N4. The Morgan fingerprint density at radius 2 is 2.16 bits per heavy atom. The van der Waals surface area contributed by atoms with E-state index in [0.29, 0.717) is 0 Å². The van der Waals surface area contributed by atoms with Gasteiger partial charge in [-0.3, -0.25) is 0 Å². The number of nitrogens with zero attached hydrogens (tertiary/aromatic N) is 3. The lowest BCUT2D eigenvalue weighted by Crippen LogP contribution is -2.17. The molecule has 1 atom stereocenters. The zero-order valence-corrected chi connectivity index (χ0v) is 11.3. The Bertz CT molecular complexity index is 520. The number of benzene rings is 1. The smallest absolute Gasteiger partial charge is 0.207 e. The summed E-state index contributed by atoms with van der Waals surface area (Å²) in [5, 5.41) is 3.38. The van der Waals surface area contributed by atoms with Gasteiger partial charge in [0.1, 0.15) is 0 Å². The van der Waals surface area contributed by atoms with Crippen LogP contribution < -0.4 is 5.32 Å². The summed E-state index contributed by atoms with van der Waals surface area (Å²) in [6.45, 7) is 3.43. The quantitative estimate of drug-likeness (QED) is 0.912. The standard InChI is InChI=1S/C15H20N4/c1-18-9-7-13(11-18)12-19-10-8-16-15(19)17-14-5-3-2-4-6-14/h2-6,8,10,13H,7,9,11-12H2,1H3,(H,16,17).